The maximum atomic E-state index is 13.3. The van der Waals surface area contributed by atoms with E-state index >= 15 is 0 Å². The number of hydrogen-bond acceptors (Lipinski definition) is 0. The Bertz CT molecular complexity index is 2830. The highest BCUT2D eigenvalue weighted by Crippen LogP contribution is 2.23. The van der Waals surface area contributed by atoms with E-state index in [1.807, 2.05) is 70.2 Å². The highest BCUT2D eigenvalue weighted by Gasteiger charge is 2.08. The third-order valence-corrected chi connectivity index (χ3v) is 13.6. The molecule has 8 rings (SSSR count). The van der Waals surface area contributed by atoms with Crippen LogP contribution in [-0.2, 0) is 0 Å². The lowest BCUT2D eigenvalue weighted by atomic mass is 9.98. The summed E-state index contributed by atoms with van der Waals surface area (Å²) in [6.45, 7) is 46.3. The van der Waals surface area contributed by atoms with E-state index in [1.54, 1.807) is 31.2 Å². The van der Waals surface area contributed by atoms with Gasteiger partial charge >= 0.3 is 0 Å². The van der Waals surface area contributed by atoms with Crippen LogP contribution in [0.15, 0.2) is 182 Å². The monoisotopic (exact) mass is 1120 g/mol. The zero-order valence-electron chi connectivity index (χ0n) is 54.5. The third-order valence-electron chi connectivity index (χ3n) is 13.6. The molecule has 0 saturated carbocycles. The summed E-state index contributed by atoms with van der Waals surface area (Å²) in [5.74, 6) is 3.70. The minimum Gasteiger partial charge on any atom is -0.207 e. The predicted octanol–water partition coefficient (Wildman–Crippen LogP) is 24.9. The molecule has 4 heteroatoms. The van der Waals surface area contributed by atoms with Crippen molar-refractivity contribution in [2.45, 2.75) is 200 Å². The van der Waals surface area contributed by atoms with Crippen molar-refractivity contribution in [2.75, 3.05) is 0 Å². The zero-order valence-corrected chi connectivity index (χ0v) is 54.5. The molecular formula is C78H104F4. The van der Waals surface area contributed by atoms with E-state index in [1.165, 1.54) is 68.3 Å². The highest BCUT2D eigenvalue weighted by molar-refractivity contribution is 5.31. The van der Waals surface area contributed by atoms with Crippen molar-refractivity contribution < 1.29 is 17.6 Å². The van der Waals surface area contributed by atoms with Crippen molar-refractivity contribution in [2.24, 2.45) is 0 Å². The molecule has 0 spiro atoms. The topological polar surface area (TPSA) is 0 Å². The van der Waals surface area contributed by atoms with Gasteiger partial charge in [0.15, 0.2) is 0 Å². The van der Waals surface area contributed by atoms with E-state index in [2.05, 4.69) is 215 Å². The van der Waals surface area contributed by atoms with Crippen molar-refractivity contribution >= 4 is 0 Å². The number of benzene rings is 8. The maximum Gasteiger partial charge on any atom is 0.129 e. The smallest absolute Gasteiger partial charge is 0.129 e. The lowest BCUT2D eigenvalue weighted by Gasteiger charge is -2.08. The van der Waals surface area contributed by atoms with Gasteiger partial charge in [0.1, 0.15) is 23.3 Å². The van der Waals surface area contributed by atoms with E-state index in [9.17, 15) is 17.6 Å². The van der Waals surface area contributed by atoms with Crippen LogP contribution in [0.25, 0.3) is 0 Å². The standard InChI is InChI=1S/3C10H13F.3C10H14.C9H11F.C9H12/c1-7(2)9-4-8(3)5-10(11)6-9;1-7(2)10-6-9(11)5-4-8(10)3;1-7(2)9-6-4-5-8(3)10(9)11;3*1-8(2)10-6-4-5-9(3)7-10;1-7(2)8-3-5-9(10)6-4-8;1-8(2)9-6-4-3-5-7-9/h3*4-7H,1-3H3;3*4-8H,1-3H3;3-7H,1-2H3;3-8H,1-2H3. The first-order chi connectivity index (χ1) is 38.4. The second-order valence-corrected chi connectivity index (χ2v) is 24.0. The summed E-state index contributed by atoms with van der Waals surface area (Å²) in [5, 5.41) is 0. The quantitative estimate of drug-likeness (QED) is 0.133. The van der Waals surface area contributed by atoms with Crippen molar-refractivity contribution in [3.8, 4) is 0 Å². The summed E-state index contributed by atoms with van der Waals surface area (Å²) in [6, 6.07) is 58.8. The Morgan fingerprint density at radius 2 is 0.573 bits per heavy atom. The van der Waals surface area contributed by atoms with Crippen LogP contribution < -0.4 is 0 Å². The van der Waals surface area contributed by atoms with E-state index in [0.717, 1.165) is 27.8 Å². The highest BCUT2D eigenvalue weighted by atomic mass is 19.1. The van der Waals surface area contributed by atoms with Crippen LogP contribution in [0.3, 0.4) is 0 Å². The molecule has 0 N–H and O–H groups in total. The minimum absolute atomic E-state index is 0.0532. The van der Waals surface area contributed by atoms with Crippen LogP contribution >= 0.6 is 0 Å². The van der Waals surface area contributed by atoms with Crippen molar-refractivity contribution in [3.05, 3.63) is 283 Å². The number of hydrogen-bond donors (Lipinski definition) is 0. The first kappa shape index (κ1) is 73.5. The summed E-state index contributed by atoms with van der Waals surface area (Å²) in [5.41, 5.74) is 16.8. The molecule has 0 heterocycles. The van der Waals surface area contributed by atoms with Gasteiger partial charge in [-0.1, -0.05) is 273 Å². The van der Waals surface area contributed by atoms with Crippen LogP contribution in [-0.4, -0.2) is 0 Å². The summed E-state index contributed by atoms with van der Waals surface area (Å²) in [7, 11) is 0. The molecule has 0 fully saturated rings. The molecule has 0 aliphatic rings. The van der Waals surface area contributed by atoms with Crippen molar-refractivity contribution in [3.63, 3.8) is 0 Å². The number of rotatable bonds is 8. The van der Waals surface area contributed by atoms with E-state index in [4.69, 9.17) is 0 Å². The number of aryl methyl sites for hydroxylation is 6. The van der Waals surface area contributed by atoms with Gasteiger partial charge in [-0.05, 0) is 186 Å². The Kier molecular flexibility index (Phi) is 35.0. The van der Waals surface area contributed by atoms with E-state index in [-0.39, 0.29) is 29.2 Å². The van der Waals surface area contributed by atoms with Crippen molar-refractivity contribution in [1.82, 2.24) is 0 Å². The molecule has 0 radical (unpaired) electrons. The average molecular weight is 1120 g/mol. The van der Waals surface area contributed by atoms with Gasteiger partial charge in [0.05, 0.1) is 0 Å². The van der Waals surface area contributed by atoms with Crippen LogP contribution in [0.1, 0.15) is 236 Å². The molecular weight excluding hydrogens is 1010 g/mol. The fraction of sp³-hybridized carbons (Fsp3) is 0.385. The van der Waals surface area contributed by atoms with Crippen LogP contribution in [0.4, 0.5) is 17.6 Å². The van der Waals surface area contributed by atoms with Crippen LogP contribution in [0, 0.1) is 64.8 Å². The second kappa shape index (κ2) is 39.0. The van der Waals surface area contributed by atoms with Crippen molar-refractivity contribution in [1.29, 1.82) is 0 Å². The van der Waals surface area contributed by atoms with Crippen LogP contribution in [0.2, 0.25) is 0 Å². The molecule has 0 bridgehead atoms. The molecule has 0 saturated heterocycles. The Morgan fingerprint density at radius 1 is 0.220 bits per heavy atom. The molecule has 0 atom stereocenters. The Labute approximate surface area is 497 Å². The fourth-order valence-corrected chi connectivity index (χ4v) is 8.22. The molecule has 0 amide bonds. The SMILES string of the molecule is CC(C)c1ccc(F)cc1.CC(C)c1ccccc1.Cc1cc(F)cc(C(C)C)c1.Cc1ccc(F)cc1C(C)C.Cc1cccc(C(C)C)c1.Cc1cccc(C(C)C)c1.Cc1cccc(C(C)C)c1.Cc1cccc(C(C)C)c1F. The third kappa shape index (κ3) is 30.5. The zero-order chi connectivity index (χ0) is 62.2. The van der Waals surface area contributed by atoms with E-state index < -0.39 is 0 Å². The number of halogens is 4. The summed E-state index contributed by atoms with van der Waals surface area (Å²) in [4.78, 5) is 0. The van der Waals surface area contributed by atoms with Gasteiger partial charge in [-0.15, -0.1) is 0 Å². The van der Waals surface area contributed by atoms with Gasteiger partial charge in [0.2, 0.25) is 0 Å². The maximum absolute atomic E-state index is 13.3. The second-order valence-electron chi connectivity index (χ2n) is 24.0. The molecule has 8 aromatic carbocycles. The van der Waals surface area contributed by atoms with Gasteiger partial charge in [-0.2, -0.15) is 0 Å². The van der Waals surface area contributed by atoms with Gasteiger partial charge < -0.3 is 0 Å². The van der Waals surface area contributed by atoms with Gasteiger partial charge in [0.25, 0.3) is 0 Å². The largest absolute Gasteiger partial charge is 0.207 e. The Hall–Kier alpha value is -6.52. The molecule has 0 aliphatic carbocycles. The molecule has 0 unspecified atom stereocenters. The van der Waals surface area contributed by atoms with Gasteiger partial charge in [-0.3, -0.25) is 0 Å². The molecule has 444 valence electrons. The first-order valence-electron chi connectivity index (χ1n) is 29.7. The summed E-state index contributed by atoms with van der Waals surface area (Å²) >= 11 is 0. The average Bonchev–Trinajstić information content (AvgIpc) is 3.41. The minimum atomic E-state index is -0.163. The first-order valence-corrected chi connectivity index (χ1v) is 29.7. The lowest BCUT2D eigenvalue weighted by Crippen LogP contribution is -1.94. The summed E-state index contributed by atoms with van der Waals surface area (Å²) in [6.07, 6.45) is 0. The molecule has 0 nitrogen and oxygen atoms in total. The fourth-order valence-electron chi connectivity index (χ4n) is 8.22. The molecule has 8 aromatic rings. The van der Waals surface area contributed by atoms with Gasteiger partial charge in [-0.25, -0.2) is 17.6 Å². The molecule has 0 aromatic heterocycles. The van der Waals surface area contributed by atoms with Gasteiger partial charge in [0, 0.05) is 0 Å². The Balaban J connectivity index is 0.000000469. The Morgan fingerprint density at radius 3 is 0.890 bits per heavy atom. The molecule has 82 heavy (non-hydrogen) atoms. The normalized spacial score (nSPS) is 10.5. The van der Waals surface area contributed by atoms with E-state index in [0.29, 0.717) is 41.4 Å². The summed E-state index contributed by atoms with van der Waals surface area (Å²) < 4.78 is 51.1. The lowest BCUT2D eigenvalue weighted by molar-refractivity contribution is 0.590. The molecule has 0 aliphatic heterocycles. The van der Waals surface area contributed by atoms with Crippen LogP contribution in [0.5, 0.6) is 0 Å². The predicted molar refractivity (Wildman–Crippen MR) is 353 cm³/mol.